The Morgan fingerprint density at radius 1 is 0.852 bits per heavy atom. The van der Waals surface area contributed by atoms with Crippen LogP contribution in [0.1, 0.15) is 30.5 Å². The van der Waals surface area contributed by atoms with Gasteiger partial charge in [-0.15, -0.1) is 0 Å². The number of halogens is 2. The van der Waals surface area contributed by atoms with Gasteiger partial charge in [-0.05, 0) is 23.6 Å². The van der Waals surface area contributed by atoms with Gasteiger partial charge < -0.3 is 4.74 Å². The first-order valence-corrected chi connectivity index (χ1v) is 9.52. The largest absolute Gasteiger partial charge is 0.383 e. The van der Waals surface area contributed by atoms with Crippen LogP contribution in [0.3, 0.4) is 0 Å². The number of hydrogen-bond donors (Lipinski definition) is 0. The molecule has 5 heteroatoms. The normalized spacial score (nSPS) is 17.4. The zero-order chi connectivity index (χ0) is 19.2. The van der Waals surface area contributed by atoms with Crippen molar-refractivity contribution in [3.8, 4) is 11.1 Å². The van der Waals surface area contributed by atoms with Gasteiger partial charge in [0.05, 0.1) is 6.61 Å². The number of piperazine rings is 1. The monoisotopic (exact) mass is 374 g/mol. The standard InChI is InChI=1S/C22H28F2N2O/c1-17(26-13-11-25(12-14-26)15-16-27-2)18-3-5-19(6-4-18)20-7-9-21(10-8-20)22(23)24/h3-10,17,22H,11-16H2,1-2H3. The van der Waals surface area contributed by atoms with E-state index in [1.54, 1.807) is 19.2 Å². The molecule has 1 saturated heterocycles. The van der Waals surface area contributed by atoms with Gasteiger partial charge in [-0.1, -0.05) is 48.5 Å². The van der Waals surface area contributed by atoms with Gasteiger partial charge in [0.15, 0.2) is 0 Å². The van der Waals surface area contributed by atoms with Crippen molar-refractivity contribution in [3.05, 3.63) is 59.7 Å². The third kappa shape index (κ3) is 5.12. The summed E-state index contributed by atoms with van der Waals surface area (Å²) in [7, 11) is 1.75. The first-order valence-electron chi connectivity index (χ1n) is 9.52. The van der Waals surface area contributed by atoms with Gasteiger partial charge in [-0.3, -0.25) is 9.80 Å². The second-order valence-electron chi connectivity index (χ2n) is 7.09. The number of methoxy groups -OCH3 is 1. The number of alkyl halides is 2. The predicted molar refractivity (Wildman–Crippen MR) is 105 cm³/mol. The number of ether oxygens (including phenoxy) is 1. The zero-order valence-corrected chi connectivity index (χ0v) is 16.1. The van der Waals surface area contributed by atoms with Crippen molar-refractivity contribution in [2.75, 3.05) is 46.4 Å². The summed E-state index contributed by atoms with van der Waals surface area (Å²) in [5, 5.41) is 0. The Hall–Kier alpha value is -1.82. The summed E-state index contributed by atoms with van der Waals surface area (Å²) in [5.74, 6) is 0. The van der Waals surface area contributed by atoms with E-state index in [1.165, 1.54) is 17.7 Å². The molecule has 0 radical (unpaired) electrons. The smallest absolute Gasteiger partial charge is 0.263 e. The Balaban J connectivity index is 1.60. The minimum atomic E-state index is -2.42. The first-order chi connectivity index (χ1) is 13.1. The van der Waals surface area contributed by atoms with E-state index in [0.717, 1.165) is 50.5 Å². The Morgan fingerprint density at radius 2 is 1.37 bits per heavy atom. The fourth-order valence-corrected chi connectivity index (χ4v) is 3.58. The number of rotatable bonds is 7. The highest BCUT2D eigenvalue weighted by molar-refractivity contribution is 5.64. The van der Waals surface area contributed by atoms with Crippen molar-refractivity contribution in [1.29, 1.82) is 0 Å². The van der Waals surface area contributed by atoms with Gasteiger partial charge in [0, 0.05) is 51.4 Å². The summed E-state index contributed by atoms with van der Waals surface area (Å²) in [5.41, 5.74) is 3.36. The molecule has 3 nitrogen and oxygen atoms in total. The second kappa shape index (κ2) is 9.40. The molecule has 1 aliphatic heterocycles. The lowest BCUT2D eigenvalue weighted by atomic mass is 9.99. The Labute approximate surface area is 160 Å². The van der Waals surface area contributed by atoms with Gasteiger partial charge >= 0.3 is 0 Å². The molecule has 0 saturated carbocycles. The molecule has 1 unspecified atom stereocenters. The average Bonchev–Trinajstić information content (AvgIpc) is 2.72. The molecule has 2 aromatic carbocycles. The van der Waals surface area contributed by atoms with E-state index >= 15 is 0 Å². The number of nitrogens with zero attached hydrogens (tertiary/aromatic N) is 2. The van der Waals surface area contributed by atoms with Crippen molar-refractivity contribution in [2.24, 2.45) is 0 Å². The maximum absolute atomic E-state index is 12.7. The Kier molecular flexibility index (Phi) is 6.94. The second-order valence-corrected chi connectivity index (χ2v) is 7.09. The molecule has 146 valence electrons. The van der Waals surface area contributed by atoms with E-state index in [-0.39, 0.29) is 5.56 Å². The van der Waals surface area contributed by atoms with Gasteiger partial charge in [0.1, 0.15) is 0 Å². The van der Waals surface area contributed by atoms with Crippen molar-refractivity contribution in [3.63, 3.8) is 0 Å². The fraction of sp³-hybridized carbons (Fsp3) is 0.455. The van der Waals surface area contributed by atoms with Gasteiger partial charge in [-0.25, -0.2) is 8.78 Å². The first kappa shape index (κ1) is 19.9. The van der Waals surface area contributed by atoms with Crippen molar-refractivity contribution in [2.45, 2.75) is 19.4 Å². The Bertz CT molecular complexity index is 695. The molecule has 1 fully saturated rings. The van der Waals surface area contributed by atoms with Crippen molar-refractivity contribution >= 4 is 0 Å². The highest BCUT2D eigenvalue weighted by atomic mass is 19.3. The topological polar surface area (TPSA) is 15.7 Å². The van der Waals surface area contributed by atoms with Crippen LogP contribution in [0.4, 0.5) is 8.78 Å². The molecule has 0 aromatic heterocycles. The van der Waals surface area contributed by atoms with Gasteiger partial charge in [0.25, 0.3) is 6.43 Å². The molecule has 0 aliphatic carbocycles. The predicted octanol–water partition coefficient (Wildman–Crippen LogP) is 4.62. The Morgan fingerprint density at radius 3 is 1.85 bits per heavy atom. The van der Waals surface area contributed by atoms with E-state index in [4.69, 9.17) is 4.74 Å². The third-order valence-corrected chi connectivity index (χ3v) is 5.46. The van der Waals surface area contributed by atoms with E-state index in [9.17, 15) is 8.78 Å². The molecule has 3 rings (SSSR count). The highest BCUT2D eigenvalue weighted by Crippen LogP contribution is 2.27. The van der Waals surface area contributed by atoms with E-state index < -0.39 is 6.43 Å². The quantitative estimate of drug-likeness (QED) is 0.704. The fourth-order valence-electron chi connectivity index (χ4n) is 3.58. The summed E-state index contributed by atoms with van der Waals surface area (Å²) in [6, 6.07) is 15.4. The van der Waals surface area contributed by atoms with Crippen LogP contribution in [0.25, 0.3) is 11.1 Å². The molecule has 1 heterocycles. The minimum Gasteiger partial charge on any atom is -0.383 e. The lowest BCUT2D eigenvalue weighted by molar-refractivity contribution is 0.0786. The van der Waals surface area contributed by atoms with Crippen molar-refractivity contribution in [1.82, 2.24) is 9.80 Å². The summed E-state index contributed by atoms with van der Waals surface area (Å²) in [6.07, 6.45) is -2.42. The number of benzene rings is 2. The van der Waals surface area contributed by atoms with Crippen LogP contribution in [0, 0.1) is 0 Å². The van der Waals surface area contributed by atoms with Crippen LogP contribution >= 0.6 is 0 Å². The van der Waals surface area contributed by atoms with Crippen molar-refractivity contribution < 1.29 is 13.5 Å². The third-order valence-electron chi connectivity index (χ3n) is 5.46. The van der Waals surface area contributed by atoms with Crippen LogP contribution in [0.15, 0.2) is 48.5 Å². The SMILES string of the molecule is COCCN1CCN(C(C)c2ccc(-c3ccc(C(F)F)cc3)cc2)CC1. The van der Waals surface area contributed by atoms with Gasteiger partial charge in [0.2, 0.25) is 0 Å². The molecule has 0 spiro atoms. The molecular weight excluding hydrogens is 346 g/mol. The van der Waals surface area contributed by atoms with Crippen LogP contribution in [0.2, 0.25) is 0 Å². The van der Waals surface area contributed by atoms with Crippen LogP contribution < -0.4 is 0 Å². The minimum absolute atomic E-state index is 0.0635. The maximum Gasteiger partial charge on any atom is 0.263 e. The van der Waals surface area contributed by atoms with E-state index in [0.29, 0.717) is 6.04 Å². The van der Waals surface area contributed by atoms with Crippen LogP contribution in [0.5, 0.6) is 0 Å². The molecule has 0 amide bonds. The summed E-state index contributed by atoms with van der Waals surface area (Å²) >= 11 is 0. The van der Waals surface area contributed by atoms with Crippen LogP contribution in [-0.2, 0) is 4.74 Å². The van der Waals surface area contributed by atoms with E-state index in [1.807, 2.05) is 0 Å². The molecule has 27 heavy (non-hydrogen) atoms. The lowest BCUT2D eigenvalue weighted by Gasteiger charge is -2.38. The lowest BCUT2D eigenvalue weighted by Crippen LogP contribution is -2.47. The summed E-state index contributed by atoms with van der Waals surface area (Å²) in [6.45, 7) is 8.29. The summed E-state index contributed by atoms with van der Waals surface area (Å²) in [4.78, 5) is 4.95. The van der Waals surface area contributed by atoms with Gasteiger partial charge in [-0.2, -0.15) is 0 Å². The summed E-state index contributed by atoms with van der Waals surface area (Å²) < 4.78 is 30.5. The molecule has 2 aromatic rings. The molecule has 1 atom stereocenters. The molecule has 0 N–H and O–H groups in total. The molecule has 0 bridgehead atoms. The maximum atomic E-state index is 12.7. The van der Waals surface area contributed by atoms with Crippen LogP contribution in [-0.4, -0.2) is 56.2 Å². The van der Waals surface area contributed by atoms with E-state index in [2.05, 4.69) is 41.0 Å². The molecule has 1 aliphatic rings. The average molecular weight is 374 g/mol. The number of hydrogen-bond acceptors (Lipinski definition) is 3. The highest BCUT2D eigenvalue weighted by Gasteiger charge is 2.21. The zero-order valence-electron chi connectivity index (χ0n) is 16.1. The molecular formula is C22H28F2N2O.